The molecule has 1 aromatic rings. The lowest BCUT2D eigenvalue weighted by Gasteiger charge is -2.05. The van der Waals surface area contributed by atoms with Crippen LogP contribution in [0.4, 0.5) is 5.82 Å². The minimum Gasteiger partial charge on any atom is -0.463 e. The number of allylic oxidation sites excluding steroid dienone is 1. The molecule has 0 aliphatic carbocycles. The molecule has 22 heavy (non-hydrogen) atoms. The summed E-state index contributed by atoms with van der Waals surface area (Å²) in [5, 5.41) is 16.9. The fourth-order valence-electron chi connectivity index (χ4n) is 1.69. The van der Waals surface area contributed by atoms with Crippen molar-refractivity contribution in [1.29, 1.82) is 0 Å². The van der Waals surface area contributed by atoms with E-state index >= 15 is 0 Å². The molecular formula is C13H18N4O5. The number of amides is 1. The molecule has 9 heteroatoms. The number of aromatic nitrogens is 2. The first kappa shape index (κ1) is 17.3. The molecule has 0 bridgehead atoms. The number of aryl methyl sites for hydroxylation is 2. The lowest BCUT2D eigenvalue weighted by Crippen LogP contribution is -2.23. The number of nitrogens with one attached hydrogen (secondary N) is 1. The highest BCUT2D eigenvalue weighted by Gasteiger charge is 2.16. The van der Waals surface area contributed by atoms with E-state index < -0.39 is 10.9 Å². The number of carbonyl (C=O) groups excluding carboxylic acids is 2. The van der Waals surface area contributed by atoms with E-state index in [1.165, 1.54) is 16.8 Å². The molecule has 0 radical (unpaired) electrons. The van der Waals surface area contributed by atoms with E-state index in [9.17, 15) is 19.7 Å². The summed E-state index contributed by atoms with van der Waals surface area (Å²) in [6.45, 7) is 5.39. The van der Waals surface area contributed by atoms with Gasteiger partial charge >= 0.3 is 11.8 Å². The zero-order chi connectivity index (χ0) is 16.7. The Morgan fingerprint density at radius 1 is 1.55 bits per heavy atom. The molecule has 0 spiro atoms. The topological polar surface area (TPSA) is 116 Å². The van der Waals surface area contributed by atoms with Gasteiger partial charge in [0, 0.05) is 18.2 Å². The molecule has 1 aromatic heterocycles. The molecule has 0 atom stereocenters. The second kappa shape index (κ2) is 7.91. The average Bonchev–Trinajstić information content (AvgIpc) is 2.78. The van der Waals surface area contributed by atoms with Crippen molar-refractivity contribution in [2.75, 3.05) is 6.61 Å². The highest BCUT2D eigenvalue weighted by atomic mass is 16.6. The standard InChI is InChI=1S/C13H18N4O5/c1-4-22-13(19)7-9(2)14-12(18)5-6-16-10(3)8-11(15-16)17(20)21/h7-8H,4-6H2,1-3H3,(H,14,18)/b9-7+. The SMILES string of the molecule is CCOC(=O)/C=C(\C)NC(=O)CCn1nc([N+](=O)[O-])cc1C. The number of rotatable bonds is 7. The molecule has 1 heterocycles. The van der Waals surface area contributed by atoms with Gasteiger partial charge in [-0.1, -0.05) is 0 Å². The van der Waals surface area contributed by atoms with E-state index in [4.69, 9.17) is 4.74 Å². The first-order chi connectivity index (χ1) is 10.3. The lowest BCUT2D eigenvalue weighted by atomic mass is 10.3. The molecule has 1 amide bonds. The molecule has 120 valence electrons. The summed E-state index contributed by atoms with van der Waals surface area (Å²) in [4.78, 5) is 33.0. The number of ether oxygens (including phenoxy) is 1. The normalized spacial score (nSPS) is 11.1. The average molecular weight is 310 g/mol. The maximum atomic E-state index is 11.7. The van der Waals surface area contributed by atoms with Crippen molar-refractivity contribution in [3.05, 3.63) is 33.6 Å². The Labute approximate surface area is 127 Å². The molecular weight excluding hydrogens is 292 g/mol. The molecule has 9 nitrogen and oxygen atoms in total. The molecule has 0 fully saturated rings. The summed E-state index contributed by atoms with van der Waals surface area (Å²) in [6, 6.07) is 1.34. The highest BCUT2D eigenvalue weighted by Crippen LogP contribution is 2.11. The third-order valence-corrected chi connectivity index (χ3v) is 2.66. The first-order valence-electron chi connectivity index (χ1n) is 6.67. The molecule has 0 unspecified atom stereocenters. The van der Waals surface area contributed by atoms with Crippen molar-refractivity contribution in [2.45, 2.75) is 33.7 Å². The largest absolute Gasteiger partial charge is 0.463 e. The van der Waals surface area contributed by atoms with Crippen LogP contribution in [0.5, 0.6) is 0 Å². The predicted molar refractivity (Wildman–Crippen MR) is 76.8 cm³/mol. The van der Waals surface area contributed by atoms with Crippen molar-refractivity contribution in [3.63, 3.8) is 0 Å². The highest BCUT2D eigenvalue weighted by molar-refractivity contribution is 5.84. The Bertz CT molecular complexity index is 606. The molecule has 0 aromatic carbocycles. The zero-order valence-electron chi connectivity index (χ0n) is 12.7. The third kappa shape index (κ3) is 5.35. The zero-order valence-corrected chi connectivity index (χ0v) is 12.7. The predicted octanol–water partition coefficient (Wildman–Crippen LogP) is 1.07. The summed E-state index contributed by atoms with van der Waals surface area (Å²) >= 11 is 0. The summed E-state index contributed by atoms with van der Waals surface area (Å²) in [7, 11) is 0. The van der Waals surface area contributed by atoms with E-state index in [0.717, 1.165) is 0 Å². The maximum Gasteiger partial charge on any atom is 0.390 e. The molecule has 0 saturated heterocycles. The summed E-state index contributed by atoms with van der Waals surface area (Å²) in [5.41, 5.74) is 0.963. The van der Waals surface area contributed by atoms with Gasteiger partial charge in [0.2, 0.25) is 5.91 Å². The van der Waals surface area contributed by atoms with Crippen molar-refractivity contribution in [2.24, 2.45) is 0 Å². The Hall–Kier alpha value is -2.71. The van der Waals surface area contributed by atoms with Gasteiger partial charge in [0.1, 0.15) is 0 Å². The summed E-state index contributed by atoms with van der Waals surface area (Å²) in [5.74, 6) is -1.11. The van der Waals surface area contributed by atoms with Crippen LogP contribution >= 0.6 is 0 Å². The number of nitrogens with zero attached hydrogens (tertiary/aromatic N) is 3. The van der Waals surface area contributed by atoms with Crippen LogP contribution in [0, 0.1) is 17.0 Å². The van der Waals surface area contributed by atoms with E-state index in [-0.39, 0.29) is 31.3 Å². The summed E-state index contributed by atoms with van der Waals surface area (Å²) < 4.78 is 6.11. The van der Waals surface area contributed by atoms with Crippen LogP contribution in [-0.2, 0) is 20.9 Å². The third-order valence-electron chi connectivity index (χ3n) is 2.66. The van der Waals surface area contributed by atoms with E-state index in [0.29, 0.717) is 11.4 Å². The van der Waals surface area contributed by atoms with Gasteiger partial charge in [-0.15, -0.1) is 0 Å². The van der Waals surface area contributed by atoms with E-state index in [1.54, 1.807) is 20.8 Å². The minimum atomic E-state index is -0.588. The van der Waals surface area contributed by atoms with Crippen LogP contribution in [0.1, 0.15) is 26.0 Å². The fourth-order valence-corrected chi connectivity index (χ4v) is 1.69. The van der Waals surface area contributed by atoms with Crippen LogP contribution in [0.3, 0.4) is 0 Å². The van der Waals surface area contributed by atoms with Gasteiger partial charge < -0.3 is 20.2 Å². The second-order valence-corrected chi connectivity index (χ2v) is 4.50. The molecule has 1 N–H and O–H groups in total. The monoisotopic (exact) mass is 310 g/mol. The van der Waals surface area contributed by atoms with Gasteiger partial charge in [-0.3, -0.25) is 4.79 Å². The van der Waals surface area contributed by atoms with Crippen LogP contribution in [-0.4, -0.2) is 33.2 Å². The van der Waals surface area contributed by atoms with Crippen LogP contribution in [0.15, 0.2) is 17.8 Å². The van der Waals surface area contributed by atoms with Crippen molar-refractivity contribution in [1.82, 2.24) is 15.1 Å². The van der Waals surface area contributed by atoms with E-state index in [1.807, 2.05) is 0 Å². The number of hydrogen-bond acceptors (Lipinski definition) is 6. The Balaban J connectivity index is 2.53. The van der Waals surface area contributed by atoms with Crippen molar-refractivity contribution < 1.29 is 19.2 Å². The molecule has 0 aliphatic heterocycles. The molecule has 0 saturated carbocycles. The van der Waals surface area contributed by atoms with Crippen molar-refractivity contribution in [3.8, 4) is 0 Å². The van der Waals surface area contributed by atoms with Gasteiger partial charge in [-0.25, -0.2) is 4.79 Å². The Kier molecular flexibility index (Phi) is 6.24. The minimum absolute atomic E-state index is 0.0771. The summed E-state index contributed by atoms with van der Waals surface area (Å²) in [6.07, 6.45) is 1.26. The van der Waals surface area contributed by atoms with Crippen LogP contribution in [0.2, 0.25) is 0 Å². The van der Waals surface area contributed by atoms with Gasteiger partial charge in [0.25, 0.3) is 0 Å². The second-order valence-electron chi connectivity index (χ2n) is 4.50. The number of carbonyl (C=O) groups is 2. The van der Waals surface area contributed by atoms with Gasteiger partial charge in [-0.05, 0) is 25.7 Å². The smallest absolute Gasteiger partial charge is 0.390 e. The quantitative estimate of drug-likeness (QED) is 0.348. The van der Waals surface area contributed by atoms with Gasteiger partial charge in [0.05, 0.1) is 30.0 Å². The Morgan fingerprint density at radius 2 is 2.23 bits per heavy atom. The number of hydrogen-bond donors (Lipinski definition) is 1. The van der Waals surface area contributed by atoms with E-state index in [2.05, 4.69) is 10.4 Å². The lowest BCUT2D eigenvalue weighted by molar-refractivity contribution is -0.389. The van der Waals surface area contributed by atoms with Gasteiger partial charge in [-0.2, -0.15) is 4.68 Å². The fraction of sp³-hybridized carbons (Fsp3) is 0.462. The molecule has 1 rings (SSSR count). The first-order valence-corrected chi connectivity index (χ1v) is 6.67. The Morgan fingerprint density at radius 3 is 2.77 bits per heavy atom. The van der Waals surface area contributed by atoms with Crippen LogP contribution in [0.25, 0.3) is 0 Å². The molecule has 0 aliphatic rings. The maximum absolute atomic E-state index is 11.7. The van der Waals surface area contributed by atoms with Crippen LogP contribution < -0.4 is 5.32 Å². The number of nitro groups is 1. The number of esters is 1. The van der Waals surface area contributed by atoms with Crippen molar-refractivity contribution >= 4 is 17.7 Å². The van der Waals surface area contributed by atoms with Gasteiger partial charge in [0.15, 0.2) is 0 Å².